The molecular formula is C25H35N. The normalized spacial score (nSPS) is 47.7. The molecule has 1 heteroatoms. The monoisotopic (exact) mass is 349 g/mol. The van der Waals surface area contributed by atoms with Crippen molar-refractivity contribution in [2.45, 2.75) is 77.0 Å². The van der Waals surface area contributed by atoms with Crippen LogP contribution in [0.2, 0.25) is 0 Å². The molecule has 5 aliphatic rings. The van der Waals surface area contributed by atoms with Crippen molar-refractivity contribution in [2.75, 3.05) is 0 Å². The smallest absolute Gasteiger partial charge is 0.0950 e. The first-order chi connectivity index (χ1) is 12.8. The van der Waals surface area contributed by atoms with Crippen LogP contribution in [-0.2, 0) is 0 Å². The van der Waals surface area contributed by atoms with Crippen LogP contribution in [0.25, 0.3) is 0 Å². The van der Waals surface area contributed by atoms with E-state index < -0.39 is 0 Å². The van der Waals surface area contributed by atoms with Gasteiger partial charge in [-0.15, -0.1) is 0 Å². The number of rotatable bonds is 1. The van der Waals surface area contributed by atoms with E-state index in [1.807, 2.05) is 0 Å². The Bertz CT molecular complexity index is 637. The van der Waals surface area contributed by atoms with E-state index in [2.05, 4.69) is 18.7 Å². The molecule has 4 saturated carbocycles. The number of hydrogen-bond acceptors (Lipinski definition) is 1. The zero-order valence-electron chi connectivity index (χ0n) is 16.3. The van der Waals surface area contributed by atoms with Crippen molar-refractivity contribution in [3.05, 3.63) is 23.8 Å². The summed E-state index contributed by atoms with van der Waals surface area (Å²) in [5.74, 6) is 7.49. The van der Waals surface area contributed by atoms with Crippen molar-refractivity contribution in [1.29, 1.82) is 5.26 Å². The van der Waals surface area contributed by atoms with Crippen LogP contribution in [0.5, 0.6) is 0 Å². The molecule has 0 saturated heterocycles. The maximum absolute atomic E-state index is 9.64. The fourth-order valence-electron chi connectivity index (χ4n) is 8.65. The summed E-state index contributed by atoms with van der Waals surface area (Å²) in [5.41, 5.74) is 2.43. The first-order valence-electron chi connectivity index (χ1n) is 11.6. The highest BCUT2D eigenvalue weighted by Crippen LogP contribution is 2.61. The minimum atomic E-state index is 0.666. The van der Waals surface area contributed by atoms with Gasteiger partial charge >= 0.3 is 0 Å². The van der Waals surface area contributed by atoms with Crippen LogP contribution < -0.4 is 0 Å². The standard InChI is InChI=1S/C25H35N/c1-2-19-18(15-26)8-7-17-10-12-23-22-11-9-16-5-3-4-6-20(16)21(22)13-14-24(23)25(17)19/h2,16-17,20-25H,1,3-14H2. The lowest BCUT2D eigenvalue weighted by Gasteiger charge is -2.57. The molecule has 0 radical (unpaired) electrons. The van der Waals surface area contributed by atoms with Crippen LogP contribution in [-0.4, -0.2) is 0 Å². The maximum atomic E-state index is 9.64. The second-order valence-corrected chi connectivity index (χ2v) is 10.2. The molecule has 4 fully saturated rings. The number of allylic oxidation sites excluding steroid dienone is 3. The van der Waals surface area contributed by atoms with Crippen LogP contribution in [0.15, 0.2) is 23.8 Å². The molecule has 140 valence electrons. The zero-order chi connectivity index (χ0) is 17.7. The van der Waals surface area contributed by atoms with Gasteiger partial charge in [-0.25, -0.2) is 0 Å². The Hall–Kier alpha value is -1.03. The van der Waals surface area contributed by atoms with Crippen molar-refractivity contribution in [2.24, 2.45) is 47.3 Å². The van der Waals surface area contributed by atoms with E-state index in [4.69, 9.17) is 0 Å². The zero-order valence-corrected chi connectivity index (χ0v) is 16.3. The highest BCUT2D eigenvalue weighted by atomic mass is 14.6. The Kier molecular flexibility index (Phi) is 4.50. The van der Waals surface area contributed by atoms with E-state index in [1.54, 1.807) is 0 Å². The molecule has 0 spiro atoms. The average molecular weight is 350 g/mol. The maximum Gasteiger partial charge on any atom is 0.0950 e. The van der Waals surface area contributed by atoms with Gasteiger partial charge in [0.1, 0.15) is 0 Å². The molecule has 1 nitrogen and oxygen atoms in total. The molecule has 0 aromatic rings. The van der Waals surface area contributed by atoms with Gasteiger partial charge < -0.3 is 0 Å². The van der Waals surface area contributed by atoms with Gasteiger partial charge in [0.25, 0.3) is 0 Å². The van der Waals surface area contributed by atoms with Gasteiger partial charge in [-0.2, -0.15) is 5.26 Å². The molecule has 5 aliphatic carbocycles. The molecule has 0 N–H and O–H groups in total. The molecule has 0 bridgehead atoms. The van der Waals surface area contributed by atoms with Crippen LogP contribution in [0.1, 0.15) is 77.0 Å². The van der Waals surface area contributed by atoms with Crippen molar-refractivity contribution in [1.82, 2.24) is 0 Å². The summed E-state index contributed by atoms with van der Waals surface area (Å²) in [6.07, 6.45) is 19.3. The van der Waals surface area contributed by atoms with E-state index in [9.17, 15) is 5.26 Å². The molecular weight excluding hydrogens is 314 g/mol. The number of nitriles is 1. The Balaban J connectivity index is 1.43. The highest BCUT2D eigenvalue weighted by molar-refractivity contribution is 5.39. The molecule has 0 aromatic heterocycles. The van der Waals surface area contributed by atoms with E-state index in [1.165, 1.54) is 76.2 Å². The van der Waals surface area contributed by atoms with E-state index in [0.29, 0.717) is 5.92 Å². The third-order valence-electron chi connectivity index (χ3n) is 9.54. The van der Waals surface area contributed by atoms with Crippen LogP contribution in [0, 0.1) is 58.7 Å². The molecule has 0 aliphatic heterocycles. The summed E-state index contributed by atoms with van der Waals surface area (Å²) in [6.45, 7) is 4.14. The summed E-state index contributed by atoms with van der Waals surface area (Å²) in [4.78, 5) is 0. The quantitative estimate of drug-likeness (QED) is 0.518. The first-order valence-corrected chi connectivity index (χ1v) is 11.6. The molecule has 0 aromatic carbocycles. The topological polar surface area (TPSA) is 23.8 Å². The summed E-state index contributed by atoms with van der Waals surface area (Å²) < 4.78 is 0. The highest BCUT2D eigenvalue weighted by Gasteiger charge is 2.52. The fourth-order valence-corrected chi connectivity index (χ4v) is 8.65. The fraction of sp³-hybridized carbons (Fsp3) is 0.800. The largest absolute Gasteiger partial charge is 0.193 e. The Morgan fingerprint density at radius 2 is 1.38 bits per heavy atom. The predicted octanol–water partition coefficient (Wildman–Crippen LogP) is 6.67. The van der Waals surface area contributed by atoms with Gasteiger partial charge in [0.05, 0.1) is 6.07 Å². The predicted molar refractivity (Wildman–Crippen MR) is 106 cm³/mol. The summed E-state index contributed by atoms with van der Waals surface area (Å²) in [7, 11) is 0. The summed E-state index contributed by atoms with van der Waals surface area (Å²) in [6, 6.07) is 2.54. The third-order valence-corrected chi connectivity index (χ3v) is 9.54. The SMILES string of the molecule is C=CC1=C(C#N)CCC2CCC3C4CCC5CCCCC5C4CCC3C12. The Labute approximate surface area is 159 Å². The first kappa shape index (κ1) is 17.1. The van der Waals surface area contributed by atoms with Gasteiger partial charge in [0.15, 0.2) is 0 Å². The molecule has 0 amide bonds. The van der Waals surface area contributed by atoms with E-state index >= 15 is 0 Å². The molecule has 8 unspecified atom stereocenters. The van der Waals surface area contributed by atoms with Crippen molar-refractivity contribution in [3.63, 3.8) is 0 Å². The van der Waals surface area contributed by atoms with Crippen LogP contribution in [0.4, 0.5) is 0 Å². The number of hydrogen-bond donors (Lipinski definition) is 0. The van der Waals surface area contributed by atoms with E-state index in [-0.39, 0.29) is 0 Å². The number of nitrogens with zero attached hydrogens (tertiary/aromatic N) is 1. The van der Waals surface area contributed by atoms with Gasteiger partial charge in [-0.1, -0.05) is 31.9 Å². The van der Waals surface area contributed by atoms with Crippen molar-refractivity contribution >= 4 is 0 Å². The molecule has 0 heterocycles. The summed E-state index contributed by atoms with van der Waals surface area (Å²) >= 11 is 0. The van der Waals surface area contributed by atoms with Crippen molar-refractivity contribution < 1.29 is 0 Å². The minimum Gasteiger partial charge on any atom is -0.193 e. The van der Waals surface area contributed by atoms with Crippen LogP contribution in [0.3, 0.4) is 0 Å². The van der Waals surface area contributed by atoms with Gasteiger partial charge in [0.2, 0.25) is 0 Å². The Morgan fingerprint density at radius 3 is 2.19 bits per heavy atom. The number of fused-ring (bicyclic) bond motifs is 7. The minimum absolute atomic E-state index is 0.666. The molecule has 26 heavy (non-hydrogen) atoms. The van der Waals surface area contributed by atoms with Gasteiger partial charge in [0, 0.05) is 5.57 Å². The lowest BCUT2D eigenvalue weighted by Crippen LogP contribution is -2.49. The van der Waals surface area contributed by atoms with Gasteiger partial charge in [-0.3, -0.25) is 0 Å². The second kappa shape index (κ2) is 6.85. The molecule has 5 rings (SSSR count). The third kappa shape index (κ3) is 2.55. The van der Waals surface area contributed by atoms with Crippen LogP contribution >= 0.6 is 0 Å². The summed E-state index contributed by atoms with van der Waals surface area (Å²) in [5, 5.41) is 9.64. The van der Waals surface area contributed by atoms with Crippen molar-refractivity contribution in [3.8, 4) is 6.07 Å². The lowest BCUT2D eigenvalue weighted by atomic mass is 9.47. The second-order valence-electron chi connectivity index (χ2n) is 10.2. The average Bonchev–Trinajstić information content (AvgIpc) is 2.71. The van der Waals surface area contributed by atoms with E-state index in [0.717, 1.165) is 53.4 Å². The lowest BCUT2D eigenvalue weighted by molar-refractivity contribution is -0.0658. The Morgan fingerprint density at radius 1 is 0.731 bits per heavy atom. The molecule has 8 atom stereocenters. The van der Waals surface area contributed by atoms with Gasteiger partial charge in [-0.05, 0) is 111 Å².